The number of carbonyl (C=O) groups excluding carboxylic acids is 1. The second kappa shape index (κ2) is 5.53. The second-order valence-corrected chi connectivity index (χ2v) is 4.04. The molecule has 1 aliphatic carbocycles. The fraction of sp³-hybridized carbons (Fsp3) is 0.357. The molecule has 0 bridgehead atoms. The lowest BCUT2D eigenvalue weighted by molar-refractivity contribution is 0.168. The van der Waals surface area contributed by atoms with E-state index in [1.165, 1.54) is 0 Å². The summed E-state index contributed by atoms with van der Waals surface area (Å²) in [6.07, 6.45) is 6.22. The van der Waals surface area contributed by atoms with Gasteiger partial charge in [0.2, 0.25) is 0 Å². The summed E-state index contributed by atoms with van der Waals surface area (Å²) in [7, 11) is 0. The van der Waals surface area contributed by atoms with Gasteiger partial charge in [-0.05, 0) is 31.4 Å². The third-order valence-corrected chi connectivity index (χ3v) is 2.89. The maximum Gasteiger partial charge on any atom is 0.411 e. The van der Waals surface area contributed by atoms with Crippen molar-refractivity contribution in [3.05, 3.63) is 42.0 Å². The van der Waals surface area contributed by atoms with Gasteiger partial charge in [0.05, 0.1) is 6.61 Å². The number of ether oxygens (including phenoxy) is 1. The number of para-hydroxylation sites is 1. The lowest BCUT2D eigenvalue weighted by Gasteiger charge is -2.14. The number of rotatable bonds is 3. The van der Waals surface area contributed by atoms with Gasteiger partial charge in [0.15, 0.2) is 0 Å². The van der Waals surface area contributed by atoms with Gasteiger partial charge in [0.25, 0.3) is 0 Å². The van der Waals surface area contributed by atoms with E-state index in [0.29, 0.717) is 12.5 Å². The summed E-state index contributed by atoms with van der Waals surface area (Å²) in [5.74, 6) is 0.410. The number of hydrogen-bond acceptors (Lipinski definition) is 2. The van der Waals surface area contributed by atoms with Crippen LogP contribution in [0, 0.1) is 0 Å². The molecule has 0 aromatic heterocycles. The van der Waals surface area contributed by atoms with Gasteiger partial charge < -0.3 is 4.74 Å². The predicted octanol–water partition coefficient (Wildman–Crippen LogP) is 3.69. The van der Waals surface area contributed by atoms with Crippen LogP contribution in [-0.2, 0) is 4.74 Å². The molecule has 1 aliphatic rings. The zero-order valence-electron chi connectivity index (χ0n) is 9.98. The van der Waals surface area contributed by atoms with Crippen molar-refractivity contribution in [1.82, 2.24) is 0 Å². The first-order valence-electron chi connectivity index (χ1n) is 6.00. The smallest absolute Gasteiger partial charge is 0.411 e. The highest BCUT2D eigenvalue weighted by Gasteiger charge is 2.16. The van der Waals surface area contributed by atoms with Crippen LogP contribution in [-0.4, -0.2) is 12.7 Å². The predicted molar refractivity (Wildman–Crippen MR) is 68.2 cm³/mol. The van der Waals surface area contributed by atoms with Gasteiger partial charge in [-0.2, -0.15) is 0 Å². The summed E-state index contributed by atoms with van der Waals surface area (Å²) >= 11 is 0. The molecule has 0 aliphatic heterocycles. The molecule has 0 fully saturated rings. The minimum Gasteiger partial charge on any atom is -0.450 e. The van der Waals surface area contributed by atoms with E-state index in [4.69, 9.17) is 4.74 Å². The van der Waals surface area contributed by atoms with Crippen molar-refractivity contribution in [2.24, 2.45) is 0 Å². The van der Waals surface area contributed by atoms with E-state index in [9.17, 15) is 4.79 Å². The number of benzene rings is 1. The molecular formula is C14H17NO2. The van der Waals surface area contributed by atoms with Crippen molar-refractivity contribution in [3.63, 3.8) is 0 Å². The van der Waals surface area contributed by atoms with E-state index in [1.54, 1.807) is 6.92 Å². The zero-order chi connectivity index (χ0) is 12.1. The van der Waals surface area contributed by atoms with E-state index in [-0.39, 0.29) is 6.09 Å². The maximum atomic E-state index is 11.4. The standard InChI is InChI=1S/C14H17NO2/c1-2-17-14(16)15-13-10-6-5-9-12(13)11-7-3-4-8-11/h3,5-7,9-11H,2,4,8H2,1H3,(H,15,16). The number of amides is 1. The van der Waals surface area contributed by atoms with Gasteiger partial charge >= 0.3 is 6.09 Å². The summed E-state index contributed by atoms with van der Waals surface area (Å²) in [5, 5.41) is 2.79. The normalized spacial score (nSPS) is 18.1. The Labute approximate surface area is 101 Å². The molecule has 1 aromatic carbocycles. The van der Waals surface area contributed by atoms with E-state index in [2.05, 4.69) is 23.5 Å². The molecule has 0 spiro atoms. The Bertz CT molecular complexity index is 426. The number of carbonyl (C=O) groups is 1. The molecule has 2 rings (SSSR count). The average Bonchev–Trinajstić information content (AvgIpc) is 2.83. The van der Waals surface area contributed by atoms with Crippen LogP contribution in [0.4, 0.5) is 10.5 Å². The third kappa shape index (κ3) is 2.87. The topological polar surface area (TPSA) is 38.3 Å². The van der Waals surface area contributed by atoms with Gasteiger partial charge in [0.1, 0.15) is 0 Å². The molecule has 0 radical (unpaired) electrons. The highest BCUT2D eigenvalue weighted by Crippen LogP contribution is 2.33. The second-order valence-electron chi connectivity index (χ2n) is 4.04. The molecule has 3 nitrogen and oxygen atoms in total. The Balaban J connectivity index is 2.15. The molecule has 1 N–H and O–H groups in total. The Morgan fingerprint density at radius 1 is 1.47 bits per heavy atom. The van der Waals surface area contributed by atoms with Crippen LogP contribution in [0.25, 0.3) is 0 Å². The third-order valence-electron chi connectivity index (χ3n) is 2.89. The molecule has 0 saturated heterocycles. The monoisotopic (exact) mass is 231 g/mol. The molecule has 0 heterocycles. The number of hydrogen-bond donors (Lipinski definition) is 1. The van der Waals surface area contributed by atoms with Crippen LogP contribution in [0.2, 0.25) is 0 Å². The van der Waals surface area contributed by atoms with Gasteiger partial charge in [-0.15, -0.1) is 0 Å². The fourth-order valence-corrected chi connectivity index (χ4v) is 2.10. The molecule has 1 amide bonds. The average molecular weight is 231 g/mol. The fourth-order valence-electron chi connectivity index (χ4n) is 2.10. The maximum absolute atomic E-state index is 11.4. The van der Waals surface area contributed by atoms with E-state index < -0.39 is 0 Å². The molecule has 1 atom stereocenters. The van der Waals surface area contributed by atoms with Gasteiger partial charge in [-0.3, -0.25) is 5.32 Å². The quantitative estimate of drug-likeness (QED) is 0.806. The van der Waals surface area contributed by atoms with Crippen LogP contribution in [0.15, 0.2) is 36.4 Å². The van der Waals surface area contributed by atoms with Crippen LogP contribution in [0.3, 0.4) is 0 Å². The summed E-state index contributed by atoms with van der Waals surface area (Å²) < 4.78 is 4.90. The minimum absolute atomic E-state index is 0.386. The van der Waals surface area contributed by atoms with E-state index in [1.807, 2.05) is 18.2 Å². The molecule has 0 saturated carbocycles. The summed E-state index contributed by atoms with van der Waals surface area (Å²) in [6.45, 7) is 2.18. The van der Waals surface area contributed by atoms with Crippen LogP contribution in [0.5, 0.6) is 0 Å². The lowest BCUT2D eigenvalue weighted by Crippen LogP contribution is -2.15. The summed E-state index contributed by atoms with van der Waals surface area (Å²) in [4.78, 5) is 11.4. The number of anilines is 1. The van der Waals surface area contributed by atoms with Crippen molar-refractivity contribution in [2.45, 2.75) is 25.7 Å². The molecule has 90 valence electrons. The first-order valence-corrected chi connectivity index (χ1v) is 6.00. The van der Waals surface area contributed by atoms with Crippen LogP contribution < -0.4 is 5.32 Å². The SMILES string of the molecule is CCOC(=O)Nc1ccccc1C1C=CCC1. The van der Waals surface area contributed by atoms with Crippen molar-refractivity contribution in [3.8, 4) is 0 Å². The summed E-state index contributed by atoms with van der Waals surface area (Å²) in [6, 6.07) is 7.89. The Morgan fingerprint density at radius 2 is 2.29 bits per heavy atom. The zero-order valence-corrected chi connectivity index (χ0v) is 9.98. The van der Waals surface area contributed by atoms with Crippen LogP contribution >= 0.6 is 0 Å². The van der Waals surface area contributed by atoms with Crippen molar-refractivity contribution in [1.29, 1.82) is 0 Å². The molecule has 1 aromatic rings. The van der Waals surface area contributed by atoms with Gasteiger partial charge in [0, 0.05) is 11.6 Å². The highest BCUT2D eigenvalue weighted by molar-refractivity contribution is 5.85. The minimum atomic E-state index is -0.387. The molecular weight excluding hydrogens is 214 g/mol. The van der Waals surface area contributed by atoms with Gasteiger partial charge in [-0.1, -0.05) is 30.4 Å². The number of nitrogens with one attached hydrogen (secondary N) is 1. The molecule has 1 unspecified atom stereocenters. The van der Waals surface area contributed by atoms with Crippen LogP contribution in [0.1, 0.15) is 31.2 Å². The molecule has 17 heavy (non-hydrogen) atoms. The Morgan fingerprint density at radius 3 is 3.00 bits per heavy atom. The van der Waals surface area contributed by atoms with Gasteiger partial charge in [-0.25, -0.2) is 4.79 Å². The highest BCUT2D eigenvalue weighted by atomic mass is 16.5. The molecule has 3 heteroatoms. The lowest BCUT2D eigenvalue weighted by atomic mass is 9.97. The van der Waals surface area contributed by atoms with Crippen molar-refractivity contribution < 1.29 is 9.53 Å². The van der Waals surface area contributed by atoms with Crippen molar-refractivity contribution in [2.75, 3.05) is 11.9 Å². The van der Waals surface area contributed by atoms with Crippen molar-refractivity contribution >= 4 is 11.8 Å². The largest absolute Gasteiger partial charge is 0.450 e. The van der Waals surface area contributed by atoms with E-state index >= 15 is 0 Å². The first kappa shape index (κ1) is 11.7. The van der Waals surface area contributed by atoms with E-state index in [0.717, 1.165) is 24.1 Å². The summed E-state index contributed by atoms with van der Waals surface area (Å²) in [5.41, 5.74) is 2.01. The Hall–Kier alpha value is -1.77. The Kier molecular flexibility index (Phi) is 3.81. The first-order chi connectivity index (χ1) is 8.31. The number of allylic oxidation sites excluding steroid dienone is 2.